The van der Waals surface area contributed by atoms with E-state index >= 15 is 0 Å². The third-order valence-corrected chi connectivity index (χ3v) is 3.87. The quantitative estimate of drug-likeness (QED) is 0.839. The van der Waals surface area contributed by atoms with Gasteiger partial charge in [0.25, 0.3) is 0 Å². The monoisotopic (exact) mass is 281 g/mol. The highest BCUT2D eigenvalue weighted by Gasteiger charge is 2.35. The summed E-state index contributed by atoms with van der Waals surface area (Å²) < 4.78 is 13.4. The molecule has 0 saturated carbocycles. The molecule has 112 valence electrons. The first kappa shape index (κ1) is 15.4. The molecule has 5 heteroatoms. The van der Waals surface area contributed by atoms with Gasteiger partial charge in [-0.15, -0.1) is 0 Å². The molecule has 1 aromatic carbocycles. The Morgan fingerprint density at radius 1 is 1.50 bits per heavy atom. The van der Waals surface area contributed by atoms with Crippen molar-refractivity contribution in [3.63, 3.8) is 0 Å². The standard InChI is InChI=1S/C15H24FN3O/c1-18(2)9-13-7-14(20)10-19(13)15(8-17)11-4-3-5-12(16)6-11/h3-6,13-15,20H,7-10,17H2,1-2H3. The van der Waals surface area contributed by atoms with Crippen molar-refractivity contribution in [1.29, 1.82) is 0 Å². The summed E-state index contributed by atoms with van der Waals surface area (Å²) in [7, 11) is 4.03. The molecule has 1 aliphatic rings. The van der Waals surface area contributed by atoms with Crippen LogP contribution in [-0.4, -0.2) is 60.8 Å². The minimum absolute atomic E-state index is 0.0483. The molecule has 1 saturated heterocycles. The van der Waals surface area contributed by atoms with Gasteiger partial charge < -0.3 is 15.7 Å². The zero-order valence-corrected chi connectivity index (χ0v) is 12.2. The number of nitrogens with zero attached hydrogens (tertiary/aromatic N) is 2. The van der Waals surface area contributed by atoms with Gasteiger partial charge in [-0.2, -0.15) is 0 Å². The van der Waals surface area contributed by atoms with E-state index in [0.29, 0.717) is 13.1 Å². The van der Waals surface area contributed by atoms with Gasteiger partial charge in [0.2, 0.25) is 0 Å². The Balaban J connectivity index is 2.20. The zero-order chi connectivity index (χ0) is 14.7. The Morgan fingerprint density at radius 2 is 2.25 bits per heavy atom. The molecule has 0 spiro atoms. The number of hydrogen-bond donors (Lipinski definition) is 2. The molecule has 0 aliphatic carbocycles. The van der Waals surface area contributed by atoms with Gasteiger partial charge >= 0.3 is 0 Å². The highest BCUT2D eigenvalue weighted by Crippen LogP contribution is 2.29. The Hall–Kier alpha value is -1.01. The number of benzene rings is 1. The van der Waals surface area contributed by atoms with Crippen LogP contribution in [0.4, 0.5) is 4.39 Å². The average Bonchev–Trinajstić information content (AvgIpc) is 2.70. The van der Waals surface area contributed by atoms with E-state index in [0.717, 1.165) is 18.5 Å². The second kappa shape index (κ2) is 6.63. The maximum absolute atomic E-state index is 13.4. The molecular weight excluding hydrogens is 257 g/mol. The maximum Gasteiger partial charge on any atom is 0.123 e. The summed E-state index contributed by atoms with van der Waals surface area (Å²) in [6, 6.07) is 6.78. The molecule has 1 heterocycles. The lowest BCUT2D eigenvalue weighted by molar-refractivity contribution is 0.139. The molecular formula is C15H24FN3O. The predicted octanol–water partition coefficient (Wildman–Crippen LogP) is 0.822. The van der Waals surface area contributed by atoms with Gasteiger partial charge in [0.15, 0.2) is 0 Å². The normalized spacial score (nSPS) is 25.3. The summed E-state index contributed by atoms with van der Waals surface area (Å²) in [5.41, 5.74) is 6.79. The highest BCUT2D eigenvalue weighted by atomic mass is 19.1. The van der Waals surface area contributed by atoms with Gasteiger partial charge in [-0.3, -0.25) is 4.90 Å². The van der Waals surface area contributed by atoms with Crippen molar-refractivity contribution in [2.75, 3.05) is 33.7 Å². The topological polar surface area (TPSA) is 52.7 Å². The summed E-state index contributed by atoms with van der Waals surface area (Å²) in [4.78, 5) is 4.31. The van der Waals surface area contributed by atoms with E-state index in [4.69, 9.17) is 5.73 Å². The Bertz CT molecular complexity index is 441. The molecule has 3 N–H and O–H groups in total. The molecule has 0 bridgehead atoms. The lowest BCUT2D eigenvalue weighted by Crippen LogP contribution is -2.42. The SMILES string of the molecule is CN(C)CC1CC(O)CN1C(CN)c1cccc(F)c1. The van der Waals surface area contributed by atoms with Crippen molar-refractivity contribution < 1.29 is 9.50 Å². The lowest BCUT2D eigenvalue weighted by Gasteiger charge is -2.33. The number of rotatable bonds is 5. The Morgan fingerprint density at radius 3 is 2.85 bits per heavy atom. The van der Waals surface area contributed by atoms with E-state index in [9.17, 15) is 9.50 Å². The van der Waals surface area contributed by atoms with Crippen molar-refractivity contribution in [3.05, 3.63) is 35.6 Å². The van der Waals surface area contributed by atoms with E-state index in [1.54, 1.807) is 6.07 Å². The van der Waals surface area contributed by atoms with E-state index in [1.165, 1.54) is 12.1 Å². The Kier molecular flexibility index (Phi) is 5.10. The van der Waals surface area contributed by atoms with Crippen LogP contribution < -0.4 is 5.73 Å². The van der Waals surface area contributed by atoms with Gasteiger partial charge in [-0.05, 0) is 38.2 Å². The van der Waals surface area contributed by atoms with Gasteiger partial charge in [0.05, 0.1) is 6.10 Å². The van der Waals surface area contributed by atoms with Crippen molar-refractivity contribution in [2.45, 2.75) is 24.6 Å². The summed E-state index contributed by atoms with van der Waals surface area (Å²) in [6.07, 6.45) is 0.409. The van der Waals surface area contributed by atoms with E-state index in [2.05, 4.69) is 9.80 Å². The van der Waals surface area contributed by atoms with E-state index < -0.39 is 0 Å². The third kappa shape index (κ3) is 3.55. The van der Waals surface area contributed by atoms with Crippen molar-refractivity contribution in [3.8, 4) is 0 Å². The fourth-order valence-corrected chi connectivity index (χ4v) is 3.08. The molecule has 3 unspecified atom stereocenters. The lowest BCUT2D eigenvalue weighted by atomic mass is 10.0. The maximum atomic E-state index is 13.4. The highest BCUT2D eigenvalue weighted by molar-refractivity contribution is 5.21. The first-order chi connectivity index (χ1) is 9.51. The second-order valence-electron chi connectivity index (χ2n) is 5.81. The van der Waals surface area contributed by atoms with Crippen molar-refractivity contribution >= 4 is 0 Å². The average molecular weight is 281 g/mol. The van der Waals surface area contributed by atoms with Crippen LogP contribution in [0, 0.1) is 5.82 Å². The largest absolute Gasteiger partial charge is 0.392 e. The number of hydrogen-bond acceptors (Lipinski definition) is 4. The van der Waals surface area contributed by atoms with Crippen molar-refractivity contribution in [1.82, 2.24) is 9.80 Å². The third-order valence-electron chi connectivity index (χ3n) is 3.87. The molecule has 0 radical (unpaired) electrons. The second-order valence-corrected chi connectivity index (χ2v) is 5.81. The predicted molar refractivity (Wildman–Crippen MR) is 77.9 cm³/mol. The molecule has 3 atom stereocenters. The zero-order valence-electron chi connectivity index (χ0n) is 12.2. The molecule has 4 nitrogen and oxygen atoms in total. The van der Waals surface area contributed by atoms with Gasteiger partial charge in [0.1, 0.15) is 5.82 Å². The van der Waals surface area contributed by atoms with E-state index in [1.807, 2.05) is 20.2 Å². The summed E-state index contributed by atoms with van der Waals surface area (Å²) >= 11 is 0. The first-order valence-electron chi connectivity index (χ1n) is 7.05. The van der Waals surface area contributed by atoms with Crippen LogP contribution in [0.1, 0.15) is 18.0 Å². The van der Waals surface area contributed by atoms with Crippen LogP contribution in [0.25, 0.3) is 0 Å². The van der Waals surface area contributed by atoms with Gasteiger partial charge in [0, 0.05) is 31.7 Å². The van der Waals surface area contributed by atoms with Crippen LogP contribution in [0.15, 0.2) is 24.3 Å². The van der Waals surface area contributed by atoms with Crippen LogP contribution in [-0.2, 0) is 0 Å². The van der Waals surface area contributed by atoms with Crippen LogP contribution in [0.3, 0.4) is 0 Å². The summed E-state index contributed by atoms with van der Waals surface area (Å²) in [5.74, 6) is -0.246. The van der Waals surface area contributed by atoms with Gasteiger partial charge in [-0.25, -0.2) is 4.39 Å². The number of β-amino-alcohol motifs (C(OH)–C–C–N with tert-alkyl or cyclic N) is 1. The number of aliphatic hydroxyl groups excluding tert-OH is 1. The first-order valence-corrected chi connectivity index (χ1v) is 7.05. The summed E-state index contributed by atoms with van der Waals surface area (Å²) in [6.45, 7) is 1.87. The Labute approximate surface area is 120 Å². The van der Waals surface area contributed by atoms with Crippen molar-refractivity contribution in [2.24, 2.45) is 5.73 Å². The minimum Gasteiger partial charge on any atom is -0.392 e. The molecule has 0 amide bonds. The number of likely N-dealkylation sites (N-methyl/N-ethyl adjacent to an activating group) is 1. The minimum atomic E-state index is -0.331. The number of aliphatic hydroxyl groups is 1. The molecule has 1 fully saturated rings. The van der Waals surface area contributed by atoms with Crippen LogP contribution >= 0.6 is 0 Å². The molecule has 0 aromatic heterocycles. The van der Waals surface area contributed by atoms with E-state index in [-0.39, 0.29) is 24.0 Å². The molecule has 20 heavy (non-hydrogen) atoms. The smallest absolute Gasteiger partial charge is 0.123 e. The molecule has 1 aromatic rings. The number of nitrogens with two attached hydrogens (primary N) is 1. The summed E-state index contributed by atoms with van der Waals surface area (Å²) in [5, 5.41) is 9.95. The molecule has 2 rings (SSSR count). The van der Waals surface area contributed by atoms with Crippen LogP contribution in [0.2, 0.25) is 0 Å². The number of likely N-dealkylation sites (tertiary alicyclic amines) is 1. The molecule has 1 aliphatic heterocycles. The fourth-order valence-electron chi connectivity index (χ4n) is 3.08. The van der Waals surface area contributed by atoms with Gasteiger partial charge in [-0.1, -0.05) is 12.1 Å². The fraction of sp³-hybridized carbons (Fsp3) is 0.600. The number of halogens is 1. The van der Waals surface area contributed by atoms with Crippen LogP contribution in [0.5, 0.6) is 0 Å².